The molecule has 1 aliphatic heterocycles. The Balaban J connectivity index is 2.79. The van der Waals surface area contributed by atoms with Gasteiger partial charge in [0.25, 0.3) is 0 Å². The largest absolute Gasteiger partial charge is 0.296 e. The Morgan fingerprint density at radius 1 is 1.25 bits per heavy atom. The predicted molar refractivity (Wildman–Crippen MR) is 45.3 cm³/mol. The minimum absolute atomic E-state index is 0.0118. The molecule has 0 saturated carbocycles. The molecule has 1 saturated heterocycles. The van der Waals surface area contributed by atoms with Gasteiger partial charge in [-0.25, -0.2) is 0 Å². The normalized spacial score (nSPS) is 36.4. The molecule has 3 atom stereocenters. The molecule has 0 aromatic heterocycles. The molecule has 1 aliphatic rings. The summed E-state index contributed by atoms with van der Waals surface area (Å²) < 4.78 is 0. The maximum absolute atomic E-state index is 11.3. The van der Waals surface area contributed by atoms with E-state index in [2.05, 4.69) is 5.32 Å². The number of imide groups is 1. The molecule has 3 nitrogen and oxygen atoms in total. The maximum atomic E-state index is 11.3. The van der Waals surface area contributed by atoms with E-state index in [0.717, 1.165) is 6.42 Å². The number of nitrogens with one attached hydrogen (secondary N) is 1. The van der Waals surface area contributed by atoms with E-state index in [1.165, 1.54) is 0 Å². The Labute approximate surface area is 72.5 Å². The van der Waals surface area contributed by atoms with Crippen molar-refractivity contribution < 1.29 is 9.59 Å². The Morgan fingerprint density at radius 2 is 1.83 bits per heavy atom. The molecule has 2 amide bonds. The molecule has 3 heteroatoms. The summed E-state index contributed by atoms with van der Waals surface area (Å²) in [7, 11) is 0. The molecule has 68 valence electrons. The summed E-state index contributed by atoms with van der Waals surface area (Å²) >= 11 is 0. The SMILES string of the molecule is CCC1C(=O)NC(=O)C(C)C1C. The van der Waals surface area contributed by atoms with E-state index in [-0.39, 0.29) is 29.6 Å². The average molecular weight is 169 g/mol. The van der Waals surface area contributed by atoms with Gasteiger partial charge < -0.3 is 0 Å². The zero-order chi connectivity index (χ0) is 9.30. The summed E-state index contributed by atoms with van der Waals surface area (Å²) in [5, 5.41) is 2.38. The monoisotopic (exact) mass is 169 g/mol. The van der Waals surface area contributed by atoms with Crippen LogP contribution in [0.5, 0.6) is 0 Å². The third-order valence-corrected chi connectivity index (χ3v) is 2.86. The summed E-state index contributed by atoms with van der Waals surface area (Å²) in [6.07, 6.45) is 0.810. The Bertz CT molecular complexity index is 213. The lowest BCUT2D eigenvalue weighted by Crippen LogP contribution is -2.49. The van der Waals surface area contributed by atoms with E-state index in [0.29, 0.717) is 0 Å². The van der Waals surface area contributed by atoms with Crippen molar-refractivity contribution in [2.24, 2.45) is 17.8 Å². The number of hydrogen-bond donors (Lipinski definition) is 1. The second-order valence-corrected chi connectivity index (χ2v) is 3.52. The van der Waals surface area contributed by atoms with E-state index >= 15 is 0 Å². The van der Waals surface area contributed by atoms with Crippen LogP contribution in [0, 0.1) is 17.8 Å². The smallest absolute Gasteiger partial charge is 0.229 e. The molecule has 0 aromatic carbocycles. The van der Waals surface area contributed by atoms with E-state index < -0.39 is 0 Å². The standard InChI is InChI=1S/C9H15NO2/c1-4-7-5(2)6(3)8(11)10-9(7)12/h5-7H,4H2,1-3H3,(H,10,11,12). The first-order valence-corrected chi connectivity index (χ1v) is 4.42. The molecule has 1 heterocycles. The summed E-state index contributed by atoms with van der Waals surface area (Å²) in [5.74, 6) is -0.0769. The summed E-state index contributed by atoms with van der Waals surface area (Å²) in [5.41, 5.74) is 0. The number of amides is 2. The molecule has 0 aromatic rings. The minimum Gasteiger partial charge on any atom is -0.296 e. The molecule has 1 rings (SSSR count). The van der Waals surface area contributed by atoms with Crippen LogP contribution in [0.15, 0.2) is 0 Å². The van der Waals surface area contributed by atoms with Crippen LogP contribution in [0.2, 0.25) is 0 Å². The Hall–Kier alpha value is -0.860. The van der Waals surface area contributed by atoms with Gasteiger partial charge in [-0.3, -0.25) is 14.9 Å². The first-order valence-electron chi connectivity index (χ1n) is 4.42. The fourth-order valence-corrected chi connectivity index (χ4v) is 1.71. The van der Waals surface area contributed by atoms with E-state index in [4.69, 9.17) is 0 Å². The highest BCUT2D eigenvalue weighted by Gasteiger charge is 2.37. The van der Waals surface area contributed by atoms with Crippen molar-refractivity contribution in [1.82, 2.24) is 5.32 Å². The van der Waals surface area contributed by atoms with Crippen LogP contribution in [0.3, 0.4) is 0 Å². The van der Waals surface area contributed by atoms with Gasteiger partial charge in [0.2, 0.25) is 11.8 Å². The Kier molecular flexibility index (Phi) is 2.50. The summed E-state index contributed by atoms with van der Waals surface area (Å²) in [6.45, 7) is 5.81. The van der Waals surface area contributed by atoms with Gasteiger partial charge in [0, 0.05) is 11.8 Å². The first-order chi connectivity index (χ1) is 5.57. The predicted octanol–water partition coefficient (Wildman–Crippen LogP) is 0.941. The van der Waals surface area contributed by atoms with Gasteiger partial charge in [0.1, 0.15) is 0 Å². The van der Waals surface area contributed by atoms with Crippen molar-refractivity contribution in [3.63, 3.8) is 0 Å². The van der Waals surface area contributed by atoms with Crippen LogP contribution in [0.4, 0.5) is 0 Å². The second kappa shape index (κ2) is 3.25. The molecule has 0 aliphatic carbocycles. The molecule has 3 unspecified atom stereocenters. The highest BCUT2D eigenvalue weighted by Crippen LogP contribution is 2.27. The lowest BCUT2D eigenvalue weighted by atomic mass is 9.78. The molecule has 1 fully saturated rings. The van der Waals surface area contributed by atoms with Gasteiger partial charge in [-0.15, -0.1) is 0 Å². The van der Waals surface area contributed by atoms with Crippen LogP contribution in [-0.4, -0.2) is 11.8 Å². The average Bonchev–Trinajstić information content (AvgIpc) is 2.01. The summed E-state index contributed by atoms with van der Waals surface area (Å²) in [6, 6.07) is 0. The second-order valence-electron chi connectivity index (χ2n) is 3.52. The summed E-state index contributed by atoms with van der Waals surface area (Å²) in [4.78, 5) is 22.4. The highest BCUT2D eigenvalue weighted by atomic mass is 16.2. The van der Waals surface area contributed by atoms with E-state index in [1.54, 1.807) is 0 Å². The van der Waals surface area contributed by atoms with Crippen molar-refractivity contribution in [3.05, 3.63) is 0 Å². The third kappa shape index (κ3) is 1.36. The van der Waals surface area contributed by atoms with Gasteiger partial charge in [0.05, 0.1) is 0 Å². The van der Waals surface area contributed by atoms with Crippen molar-refractivity contribution in [3.8, 4) is 0 Å². The van der Waals surface area contributed by atoms with Crippen molar-refractivity contribution in [2.75, 3.05) is 0 Å². The van der Waals surface area contributed by atoms with E-state index in [9.17, 15) is 9.59 Å². The van der Waals surface area contributed by atoms with Gasteiger partial charge in [-0.2, -0.15) is 0 Å². The topological polar surface area (TPSA) is 46.2 Å². The lowest BCUT2D eigenvalue weighted by Gasteiger charge is -2.31. The van der Waals surface area contributed by atoms with E-state index in [1.807, 2.05) is 20.8 Å². The number of hydrogen-bond acceptors (Lipinski definition) is 2. The zero-order valence-electron chi connectivity index (χ0n) is 7.76. The van der Waals surface area contributed by atoms with Gasteiger partial charge >= 0.3 is 0 Å². The molecular weight excluding hydrogens is 154 g/mol. The van der Waals surface area contributed by atoms with Crippen LogP contribution >= 0.6 is 0 Å². The fraction of sp³-hybridized carbons (Fsp3) is 0.778. The quantitative estimate of drug-likeness (QED) is 0.594. The van der Waals surface area contributed by atoms with Crippen molar-refractivity contribution in [2.45, 2.75) is 27.2 Å². The van der Waals surface area contributed by atoms with Crippen LogP contribution in [0.1, 0.15) is 27.2 Å². The van der Waals surface area contributed by atoms with Crippen molar-refractivity contribution in [1.29, 1.82) is 0 Å². The molecular formula is C9H15NO2. The molecule has 12 heavy (non-hydrogen) atoms. The highest BCUT2D eigenvalue weighted by molar-refractivity contribution is 6.00. The minimum atomic E-state index is -0.128. The maximum Gasteiger partial charge on any atom is 0.229 e. The lowest BCUT2D eigenvalue weighted by molar-refractivity contribution is -0.142. The fourth-order valence-electron chi connectivity index (χ4n) is 1.71. The molecule has 0 spiro atoms. The van der Waals surface area contributed by atoms with Gasteiger partial charge in [-0.1, -0.05) is 20.8 Å². The van der Waals surface area contributed by atoms with Crippen LogP contribution in [0.25, 0.3) is 0 Å². The number of piperidine rings is 1. The van der Waals surface area contributed by atoms with Gasteiger partial charge in [0.15, 0.2) is 0 Å². The van der Waals surface area contributed by atoms with Crippen LogP contribution < -0.4 is 5.32 Å². The third-order valence-electron chi connectivity index (χ3n) is 2.86. The van der Waals surface area contributed by atoms with Crippen LogP contribution in [-0.2, 0) is 9.59 Å². The number of carbonyl (C=O) groups excluding carboxylic acids is 2. The number of carbonyl (C=O) groups is 2. The zero-order valence-corrected chi connectivity index (χ0v) is 7.76. The first kappa shape index (κ1) is 9.23. The molecule has 1 N–H and O–H groups in total. The molecule has 0 bridgehead atoms. The number of rotatable bonds is 1. The van der Waals surface area contributed by atoms with Gasteiger partial charge in [-0.05, 0) is 12.3 Å². The molecule has 0 radical (unpaired) electrons. The Morgan fingerprint density at radius 3 is 2.33 bits per heavy atom. The van der Waals surface area contributed by atoms with Crippen molar-refractivity contribution >= 4 is 11.8 Å².